The number of ether oxygens (including phenoxy) is 1. The Hall–Kier alpha value is -2.61. The van der Waals surface area contributed by atoms with Gasteiger partial charge in [0.05, 0.1) is 30.3 Å². The molecule has 0 aliphatic carbocycles. The number of amides is 1. The summed E-state index contributed by atoms with van der Waals surface area (Å²) in [4.78, 5) is 25.5. The lowest BCUT2D eigenvalue weighted by Gasteiger charge is -2.26. The van der Waals surface area contributed by atoms with E-state index in [9.17, 15) is 18.0 Å². The first-order valence-electron chi connectivity index (χ1n) is 7.82. The van der Waals surface area contributed by atoms with E-state index in [1.54, 1.807) is 19.1 Å². The van der Waals surface area contributed by atoms with Crippen molar-refractivity contribution in [3.8, 4) is 0 Å². The van der Waals surface area contributed by atoms with Crippen LogP contribution in [0.1, 0.15) is 28.5 Å². The van der Waals surface area contributed by atoms with E-state index in [1.807, 2.05) is 6.92 Å². The number of aryl methyl sites for hydroxylation is 1. The Labute approximate surface area is 145 Å². The molecule has 0 atom stereocenters. The zero-order valence-corrected chi connectivity index (χ0v) is 14.7. The molecule has 0 unspecified atom stereocenters. The maximum atomic E-state index is 12.9. The molecule has 0 radical (unpaired) electrons. The standard InChI is InChI=1S/C17H18N2O5S/c1-3-24-17(21)18-10-15-14(16(20)11-18)8-9-19(15)25(22,23)13-6-4-12(2)5-7-13/h4-9H,3,10-11H2,1-2H3. The Balaban J connectivity index is 2.02. The fraction of sp³-hybridized carbons (Fsp3) is 0.294. The summed E-state index contributed by atoms with van der Waals surface area (Å²) in [5, 5.41) is 0. The van der Waals surface area contributed by atoms with Gasteiger partial charge in [-0.25, -0.2) is 17.2 Å². The van der Waals surface area contributed by atoms with Crippen molar-refractivity contribution in [3.05, 3.63) is 53.3 Å². The minimum Gasteiger partial charge on any atom is -0.450 e. The summed E-state index contributed by atoms with van der Waals surface area (Å²) in [6.07, 6.45) is 0.717. The normalized spacial score (nSPS) is 14.3. The lowest BCUT2D eigenvalue weighted by atomic mass is 10.1. The highest BCUT2D eigenvalue weighted by atomic mass is 32.2. The largest absolute Gasteiger partial charge is 0.450 e. The van der Waals surface area contributed by atoms with Crippen LogP contribution >= 0.6 is 0 Å². The zero-order valence-electron chi connectivity index (χ0n) is 13.9. The molecule has 0 saturated carbocycles. The zero-order chi connectivity index (χ0) is 18.2. The number of aromatic nitrogens is 1. The topological polar surface area (TPSA) is 85.7 Å². The summed E-state index contributed by atoms with van der Waals surface area (Å²) in [5.74, 6) is -0.313. The van der Waals surface area contributed by atoms with Crippen LogP contribution in [0.2, 0.25) is 0 Å². The predicted molar refractivity (Wildman–Crippen MR) is 90.0 cm³/mol. The molecule has 2 heterocycles. The van der Waals surface area contributed by atoms with Crippen molar-refractivity contribution in [2.75, 3.05) is 13.2 Å². The van der Waals surface area contributed by atoms with Gasteiger partial charge < -0.3 is 4.74 Å². The molecule has 1 aromatic heterocycles. The number of ketones is 1. The number of carbonyl (C=O) groups excluding carboxylic acids is 2. The van der Waals surface area contributed by atoms with Crippen molar-refractivity contribution < 1.29 is 22.7 Å². The predicted octanol–water partition coefficient (Wildman–Crippen LogP) is 2.19. The van der Waals surface area contributed by atoms with Gasteiger partial charge in [-0.15, -0.1) is 0 Å². The maximum Gasteiger partial charge on any atom is 0.410 e. The summed E-state index contributed by atoms with van der Waals surface area (Å²) < 4.78 is 31.8. The van der Waals surface area contributed by atoms with Crippen molar-refractivity contribution >= 4 is 21.9 Å². The molecule has 8 heteroatoms. The van der Waals surface area contributed by atoms with Crippen molar-refractivity contribution in [1.29, 1.82) is 0 Å². The van der Waals surface area contributed by atoms with Crippen LogP contribution in [0.15, 0.2) is 41.4 Å². The van der Waals surface area contributed by atoms with Gasteiger partial charge in [-0.05, 0) is 32.0 Å². The smallest absolute Gasteiger partial charge is 0.410 e. The highest BCUT2D eigenvalue weighted by Crippen LogP contribution is 2.25. The molecule has 0 bridgehead atoms. The summed E-state index contributed by atoms with van der Waals surface area (Å²) in [7, 11) is -3.85. The molecule has 3 rings (SSSR count). The molecule has 2 aromatic rings. The second kappa shape index (κ2) is 6.36. The average Bonchev–Trinajstić information content (AvgIpc) is 3.01. The number of nitrogens with zero attached hydrogens (tertiary/aromatic N) is 2. The fourth-order valence-electron chi connectivity index (χ4n) is 2.74. The van der Waals surface area contributed by atoms with Gasteiger partial charge in [0.1, 0.15) is 0 Å². The molecular formula is C17H18N2O5S. The molecule has 1 amide bonds. The van der Waals surface area contributed by atoms with Crippen LogP contribution in [0.4, 0.5) is 4.79 Å². The van der Waals surface area contributed by atoms with E-state index in [0.29, 0.717) is 5.56 Å². The summed E-state index contributed by atoms with van der Waals surface area (Å²) in [6.45, 7) is 3.58. The van der Waals surface area contributed by atoms with E-state index in [1.165, 1.54) is 29.3 Å². The maximum absolute atomic E-state index is 12.9. The molecule has 0 N–H and O–H groups in total. The van der Waals surface area contributed by atoms with E-state index in [0.717, 1.165) is 9.54 Å². The fourth-order valence-corrected chi connectivity index (χ4v) is 4.12. The Kier molecular flexibility index (Phi) is 4.38. The van der Waals surface area contributed by atoms with Gasteiger partial charge in [0, 0.05) is 11.8 Å². The molecule has 1 aliphatic heterocycles. The van der Waals surface area contributed by atoms with Gasteiger partial charge in [0.15, 0.2) is 5.78 Å². The second-order valence-electron chi connectivity index (χ2n) is 5.77. The van der Waals surface area contributed by atoms with Gasteiger partial charge in [0.2, 0.25) is 0 Å². The minimum atomic E-state index is -3.85. The number of fused-ring (bicyclic) bond motifs is 1. The molecule has 1 aromatic carbocycles. The molecule has 0 spiro atoms. The van der Waals surface area contributed by atoms with Crippen LogP contribution in [0.25, 0.3) is 0 Å². The van der Waals surface area contributed by atoms with Crippen LogP contribution < -0.4 is 0 Å². The third-order valence-corrected chi connectivity index (χ3v) is 5.76. The third-order valence-electron chi connectivity index (χ3n) is 4.03. The van der Waals surface area contributed by atoms with E-state index < -0.39 is 16.1 Å². The van der Waals surface area contributed by atoms with Crippen LogP contribution in [-0.2, 0) is 21.3 Å². The van der Waals surface area contributed by atoms with Gasteiger partial charge in [-0.1, -0.05) is 17.7 Å². The van der Waals surface area contributed by atoms with E-state index in [-0.39, 0.29) is 36.1 Å². The molecule has 7 nitrogen and oxygen atoms in total. The highest BCUT2D eigenvalue weighted by molar-refractivity contribution is 7.90. The average molecular weight is 362 g/mol. The van der Waals surface area contributed by atoms with Gasteiger partial charge >= 0.3 is 6.09 Å². The number of Topliss-reactive ketones (excluding diaryl/α,β-unsaturated/α-hetero) is 1. The second-order valence-corrected chi connectivity index (χ2v) is 7.58. The van der Waals surface area contributed by atoms with Gasteiger partial charge in [-0.3, -0.25) is 9.69 Å². The number of carbonyl (C=O) groups is 2. The summed E-state index contributed by atoms with van der Waals surface area (Å²) in [6, 6.07) is 7.93. The van der Waals surface area contributed by atoms with Crippen molar-refractivity contribution in [2.45, 2.75) is 25.3 Å². The number of hydrogen-bond donors (Lipinski definition) is 0. The summed E-state index contributed by atoms with van der Waals surface area (Å²) in [5.41, 5.74) is 1.53. The lowest BCUT2D eigenvalue weighted by molar-refractivity contribution is 0.0794. The first-order valence-corrected chi connectivity index (χ1v) is 9.26. The highest BCUT2D eigenvalue weighted by Gasteiger charge is 2.32. The Bertz CT molecular complexity index is 928. The third kappa shape index (κ3) is 3.05. The van der Waals surface area contributed by atoms with E-state index in [4.69, 9.17) is 4.74 Å². The number of hydrogen-bond acceptors (Lipinski definition) is 5. The van der Waals surface area contributed by atoms with Crippen LogP contribution in [-0.4, -0.2) is 42.3 Å². The van der Waals surface area contributed by atoms with Crippen molar-refractivity contribution in [1.82, 2.24) is 8.87 Å². The van der Waals surface area contributed by atoms with E-state index >= 15 is 0 Å². The first kappa shape index (κ1) is 17.2. The molecule has 0 fully saturated rings. The number of rotatable bonds is 3. The Morgan fingerprint density at radius 3 is 2.48 bits per heavy atom. The van der Waals surface area contributed by atoms with Crippen LogP contribution in [0, 0.1) is 6.92 Å². The first-order chi connectivity index (χ1) is 11.8. The van der Waals surface area contributed by atoms with Crippen molar-refractivity contribution in [2.24, 2.45) is 0 Å². The number of benzene rings is 1. The SMILES string of the molecule is CCOC(=O)N1CC(=O)c2ccn(S(=O)(=O)c3ccc(C)cc3)c2C1. The van der Waals surface area contributed by atoms with Crippen LogP contribution in [0.5, 0.6) is 0 Å². The van der Waals surface area contributed by atoms with E-state index in [2.05, 4.69) is 0 Å². The molecule has 25 heavy (non-hydrogen) atoms. The molecule has 132 valence electrons. The molecule has 0 saturated heterocycles. The quantitative estimate of drug-likeness (QED) is 0.835. The Morgan fingerprint density at radius 1 is 1.16 bits per heavy atom. The Morgan fingerprint density at radius 2 is 1.84 bits per heavy atom. The monoisotopic (exact) mass is 362 g/mol. The lowest BCUT2D eigenvalue weighted by Crippen LogP contribution is -2.40. The minimum absolute atomic E-state index is 0.00199. The van der Waals surface area contributed by atoms with Crippen LogP contribution in [0.3, 0.4) is 0 Å². The van der Waals surface area contributed by atoms with Gasteiger partial charge in [-0.2, -0.15) is 0 Å². The summed E-state index contributed by atoms with van der Waals surface area (Å²) >= 11 is 0. The molecular weight excluding hydrogens is 344 g/mol. The molecule has 1 aliphatic rings. The van der Waals surface area contributed by atoms with Gasteiger partial charge in [0.25, 0.3) is 10.0 Å². The van der Waals surface area contributed by atoms with Crippen molar-refractivity contribution in [3.63, 3.8) is 0 Å².